The number of rotatable bonds is 10. The van der Waals surface area contributed by atoms with Crippen molar-refractivity contribution in [1.29, 1.82) is 0 Å². The number of hydrogen-bond donors (Lipinski definition) is 6. The van der Waals surface area contributed by atoms with E-state index in [1.165, 1.54) is 34.1 Å². The Morgan fingerprint density at radius 1 is 0.667 bits per heavy atom. The van der Waals surface area contributed by atoms with Gasteiger partial charge in [-0.2, -0.15) is 0 Å². The number of nitrogens with zero attached hydrogens (tertiary/aromatic N) is 2. The molecule has 8 nitrogen and oxygen atoms in total. The van der Waals surface area contributed by atoms with E-state index in [0.717, 1.165) is 39.0 Å². The number of phenolic OH excluding ortho intramolecular Hbond substituents is 4. The van der Waals surface area contributed by atoms with Crippen LogP contribution in [0.3, 0.4) is 0 Å². The van der Waals surface area contributed by atoms with Gasteiger partial charge in [-0.1, -0.05) is 0 Å². The van der Waals surface area contributed by atoms with Crippen molar-refractivity contribution in [3.8, 4) is 23.0 Å². The van der Waals surface area contributed by atoms with Crippen LogP contribution in [-0.2, 0) is 16.5 Å². The normalized spacial score (nSPS) is 11.1. The molecule has 0 aliphatic rings. The first-order valence-electron chi connectivity index (χ1n) is 10.8. The van der Waals surface area contributed by atoms with Crippen LogP contribution in [0, 0.1) is 0 Å². The number of quaternary nitrogens is 2. The van der Waals surface area contributed by atoms with Crippen LogP contribution in [0.25, 0.3) is 0 Å². The van der Waals surface area contributed by atoms with Crippen LogP contribution in [0.15, 0.2) is 46.4 Å². The Hall–Kier alpha value is -2.61. The molecule has 0 unspecified atom stereocenters. The second kappa shape index (κ2) is 16.9. The second-order valence-corrected chi connectivity index (χ2v) is 8.18. The predicted octanol–water partition coefficient (Wildman–Crippen LogP) is 0.100. The van der Waals surface area contributed by atoms with Gasteiger partial charge in [0.1, 0.15) is 23.0 Å². The average Bonchev–Trinajstić information content (AvgIpc) is 2.70. The first kappa shape index (κ1) is 30.4. The fourth-order valence-electron chi connectivity index (χ4n) is 2.66. The fourth-order valence-corrected chi connectivity index (χ4v) is 2.66. The van der Waals surface area contributed by atoms with E-state index >= 15 is 0 Å². The standard InChI is InChI=1S/2C12H18N2O2.Ni/c2*1-14(2)7-3-6-13-9-10-4-5-11(15)8-12(10)16;/h2*4-5,8-9,15-16H,3,6-7H2,1-2H3;/p+2. The van der Waals surface area contributed by atoms with Crippen LogP contribution in [0.4, 0.5) is 0 Å². The average molecular weight is 505 g/mol. The van der Waals surface area contributed by atoms with Crippen LogP contribution in [0.5, 0.6) is 23.0 Å². The predicted molar refractivity (Wildman–Crippen MR) is 129 cm³/mol. The molecule has 2 rings (SSSR count). The number of phenols is 4. The molecule has 0 amide bonds. The van der Waals surface area contributed by atoms with Crippen LogP contribution in [-0.4, -0.2) is 87.2 Å². The summed E-state index contributed by atoms with van der Waals surface area (Å²) < 4.78 is 0. The molecule has 9 heteroatoms. The summed E-state index contributed by atoms with van der Waals surface area (Å²) in [7, 11) is 8.43. The molecule has 0 atom stereocenters. The maximum Gasteiger partial charge on any atom is 0.128 e. The van der Waals surface area contributed by atoms with Crippen LogP contribution in [0.2, 0.25) is 0 Å². The molecule has 2 aromatic carbocycles. The second-order valence-electron chi connectivity index (χ2n) is 8.18. The molecular weight excluding hydrogens is 467 g/mol. The van der Waals surface area contributed by atoms with Crippen molar-refractivity contribution in [2.24, 2.45) is 9.98 Å². The minimum Gasteiger partial charge on any atom is -0.508 e. The van der Waals surface area contributed by atoms with E-state index in [4.69, 9.17) is 10.2 Å². The van der Waals surface area contributed by atoms with Gasteiger partial charge in [0.05, 0.1) is 41.3 Å². The molecule has 0 radical (unpaired) electrons. The maximum atomic E-state index is 9.48. The molecule has 0 aliphatic heterocycles. The largest absolute Gasteiger partial charge is 0.508 e. The smallest absolute Gasteiger partial charge is 0.128 e. The summed E-state index contributed by atoms with van der Waals surface area (Å²) in [4.78, 5) is 11.3. The van der Waals surface area contributed by atoms with Crippen molar-refractivity contribution in [2.75, 3.05) is 54.4 Å². The summed E-state index contributed by atoms with van der Waals surface area (Å²) in [5.41, 5.74) is 1.27. The Kier molecular flexibility index (Phi) is 15.6. The van der Waals surface area contributed by atoms with Gasteiger partial charge in [-0.25, -0.2) is 0 Å². The molecular formula is C24H38N4NiO4+2. The molecule has 186 valence electrons. The zero-order chi connectivity index (χ0) is 23.9. The number of benzene rings is 2. The van der Waals surface area contributed by atoms with Gasteiger partial charge in [0, 0.05) is 78.1 Å². The third-order valence-corrected chi connectivity index (χ3v) is 4.42. The van der Waals surface area contributed by atoms with Crippen molar-refractivity contribution in [1.82, 2.24) is 0 Å². The first-order valence-corrected chi connectivity index (χ1v) is 10.8. The van der Waals surface area contributed by atoms with E-state index < -0.39 is 0 Å². The zero-order valence-electron chi connectivity index (χ0n) is 19.9. The van der Waals surface area contributed by atoms with Gasteiger partial charge in [-0.05, 0) is 24.3 Å². The summed E-state index contributed by atoms with van der Waals surface area (Å²) in [6.07, 6.45) is 5.33. The van der Waals surface area contributed by atoms with Gasteiger partial charge in [-0.3, -0.25) is 9.98 Å². The van der Waals surface area contributed by atoms with Gasteiger partial charge in [0.2, 0.25) is 0 Å². The van der Waals surface area contributed by atoms with E-state index in [-0.39, 0.29) is 39.5 Å². The molecule has 0 spiro atoms. The van der Waals surface area contributed by atoms with Crippen LogP contribution < -0.4 is 9.80 Å². The van der Waals surface area contributed by atoms with Crippen molar-refractivity contribution in [3.63, 3.8) is 0 Å². The molecule has 0 saturated carbocycles. The van der Waals surface area contributed by atoms with Gasteiger partial charge >= 0.3 is 0 Å². The molecule has 0 aromatic heterocycles. The zero-order valence-corrected chi connectivity index (χ0v) is 20.8. The maximum absolute atomic E-state index is 9.48. The van der Waals surface area contributed by atoms with E-state index in [0.29, 0.717) is 11.1 Å². The molecule has 0 fully saturated rings. The molecule has 0 saturated heterocycles. The van der Waals surface area contributed by atoms with Crippen molar-refractivity contribution in [3.05, 3.63) is 47.5 Å². The minimum atomic E-state index is 0. The quantitative estimate of drug-likeness (QED) is 0.156. The van der Waals surface area contributed by atoms with Gasteiger partial charge in [-0.15, -0.1) is 0 Å². The SMILES string of the molecule is C[NH+](C)CCCN=Cc1ccc(O)cc1O.C[NH+](C)CCCN=Cc1ccc(O)cc1O.[Ni]. The third kappa shape index (κ3) is 14.2. The number of aromatic hydroxyl groups is 4. The Labute approximate surface area is 206 Å². The number of hydrogen-bond acceptors (Lipinski definition) is 6. The van der Waals surface area contributed by atoms with Crippen molar-refractivity contribution >= 4 is 12.4 Å². The van der Waals surface area contributed by atoms with Crippen LogP contribution in [0.1, 0.15) is 24.0 Å². The minimum absolute atomic E-state index is 0. The Morgan fingerprint density at radius 3 is 1.33 bits per heavy atom. The van der Waals surface area contributed by atoms with Gasteiger partial charge in [0.15, 0.2) is 0 Å². The summed E-state index contributed by atoms with van der Waals surface area (Å²) in [5, 5.41) is 37.2. The summed E-state index contributed by atoms with van der Waals surface area (Å²) >= 11 is 0. The molecule has 33 heavy (non-hydrogen) atoms. The summed E-state index contributed by atoms with van der Waals surface area (Å²) in [6.45, 7) is 3.68. The molecule has 2 aromatic rings. The molecule has 0 aliphatic carbocycles. The summed E-state index contributed by atoms with van der Waals surface area (Å²) in [6, 6.07) is 8.98. The molecule has 6 N–H and O–H groups in total. The monoisotopic (exact) mass is 504 g/mol. The van der Waals surface area contributed by atoms with E-state index in [2.05, 4.69) is 38.2 Å². The Morgan fingerprint density at radius 2 is 1.03 bits per heavy atom. The third-order valence-electron chi connectivity index (χ3n) is 4.42. The summed E-state index contributed by atoms with van der Waals surface area (Å²) in [5.74, 6) is 0.237. The number of nitrogens with one attached hydrogen (secondary N) is 2. The van der Waals surface area contributed by atoms with Crippen molar-refractivity contribution in [2.45, 2.75) is 12.8 Å². The van der Waals surface area contributed by atoms with Crippen molar-refractivity contribution < 1.29 is 46.7 Å². The Balaban J connectivity index is 0.000000602. The Bertz CT molecular complexity index is 802. The van der Waals surface area contributed by atoms with E-state index in [9.17, 15) is 10.2 Å². The molecule has 0 heterocycles. The van der Waals surface area contributed by atoms with E-state index in [1.807, 2.05) is 0 Å². The van der Waals surface area contributed by atoms with Crippen LogP contribution >= 0.6 is 0 Å². The van der Waals surface area contributed by atoms with Gasteiger partial charge in [0.25, 0.3) is 0 Å². The fraction of sp³-hybridized carbons (Fsp3) is 0.417. The van der Waals surface area contributed by atoms with Gasteiger partial charge < -0.3 is 30.2 Å². The first-order chi connectivity index (χ1) is 15.2. The topological polar surface area (TPSA) is 115 Å². The van der Waals surface area contributed by atoms with E-state index in [1.54, 1.807) is 24.6 Å². The molecule has 0 bridgehead atoms. The number of aliphatic imine (C=N–C) groups is 2.